The summed E-state index contributed by atoms with van der Waals surface area (Å²) in [6.45, 7) is 0. The SMILES string of the molecule is O=C(O)CC(=O)OC1CCCCCCCCCCC1. The normalized spacial score (nSPS) is 20.0. The van der Waals surface area contributed by atoms with Crippen LogP contribution in [0.2, 0.25) is 0 Å². The highest BCUT2D eigenvalue weighted by Gasteiger charge is 2.16. The maximum atomic E-state index is 11.4. The Morgan fingerprint density at radius 3 is 1.68 bits per heavy atom. The van der Waals surface area contributed by atoms with Crippen molar-refractivity contribution in [1.29, 1.82) is 0 Å². The molecule has 0 bridgehead atoms. The van der Waals surface area contributed by atoms with Crippen molar-refractivity contribution in [3.63, 3.8) is 0 Å². The second kappa shape index (κ2) is 9.82. The molecule has 1 saturated carbocycles. The topological polar surface area (TPSA) is 63.6 Å². The van der Waals surface area contributed by atoms with E-state index in [1.54, 1.807) is 0 Å². The van der Waals surface area contributed by atoms with E-state index in [4.69, 9.17) is 9.84 Å². The molecule has 1 rings (SSSR count). The average molecular weight is 270 g/mol. The first kappa shape index (κ1) is 16.0. The Kier molecular flexibility index (Phi) is 8.26. The van der Waals surface area contributed by atoms with E-state index in [0.717, 1.165) is 25.7 Å². The van der Waals surface area contributed by atoms with Crippen molar-refractivity contribution < 1.29 is 19.4 Å². The van der Waals surface area contributed by atoms with Crippen LogP contribution in [0.4, 0.5) is 0 Å². The fourth-order valence-electron chi connectivity index (χ4n) is 2.59. The van der Waals surface area contributed by atoms with E-state index in [0.29, 0.717) is 0 Å². The predicted molar refractivity (Wildman–Crippen MR) is 72.9 cm³/mol. The number of rotatable bonds is 3. The molecule has 0 atom stereocenters. The third-order valence-corrected chi connectivity index (χ3v) is 3.65. The number of hydrogen-bond donors (Lipinski definition) is 1. The van der Waals surface area contributed by atoms with E-state index in [2.05, 4.69) is 0 Å². The van der Waals surface area contributed by atoms with Gasteiger partial charge >= 0.3 is 11.9 Å². The van der Waals surface area contributed by atoms with Crippen LogP contribution in [0.1, 0.15) is 77.0 Å². The van der Waals surface area contributed by atoms with Crippen molar-refractivity contribution in [1.82, 2.24) is 0 Å². The smallest absolute Gasteiger partial charge is 0.317 e. The molecule has 1 aliphatic carbocycles. The van der Waals surface area contributed by atoms with Gasteiger partial charge in [0.05, 0.1) is 0 Å². The van der Waals surface area contributed by atoms with Gasteiger partial charge < -0.3 is 9.84 Å². The number of ether oxygens (including phenoxy) is 1. The fraction of sp³-hybridized carbons (Fsp3) is 0.867. The monoisotopic (exact) mass is 270 g/mol. The van der Waals surface area contributed by atoms with Crippen LogP contribution in [0.5, 0.6) is 0 Å². The van der Waals surface area contributed by atoms with Crippen LogP contribution >= 0.6 is 0 Å². The summed E-state index contributed by atoms with van der Waals surface area (Å²) in [6, 6.07) is 0. The zero-order chi connectivity index (χ0) is 13.9. The Balaban J connectivity index is 2.33. The highest BCUT2D eigenvalue weighted by molar-refractivity contribution is 5.90. The number of carbonyl (C=O) groups excluding carboxylic acids is 1. The summed E-state index contributed by atoms with van der Waals surface area (Å²) in [5.74, 6) is -1.71. The standard InChI is InChI=1S/C15H26O4/c16-14(17)12-15(18)19-13-10-8-6-4-2-1-3-5-7-9-11-13/h13H,1-12H2,(H,16,17). The molecule has 1 N–H and O–H groups in total. The molecule has 4 heteroatoms. The van der Waals surface area contributed by atoms with E-state index in [9.17, 15) is 9.59 Å². The molecular formula is C15H26O4. The fourth-order valence-corrected chi connectivity index (χ4v) is 2.59. The van der Waals surface area contributed by atoms with Gasteiger partial charge in [0.15, 0.2) is 0 Å². The van der Waals surface area contributed by atoms with Crippen LogP contribution in [-0.4, -0.2) is 23.1 Å². The number of carboxylic acids is 1. The number of aliphatic carboxylic acids is 1. The van der Waals surface area contributed by atoms with Crippen molar-refractivity contribution in [3.05, 3.63) is 0 Å². The average Bonchev–Trinajstić information content (AvgIpc) is 2.31. The molecule has 0 aromatic rings. The van der Waals surface area contributed by atoms with Gasteiger partial charge in [-0.05, 0) is 25.7 Å². The maximum Gasteiger partial charge on any atom is 0.317 e. The first-order chi connectivity index (χ1) is 9.18. The van der Waals surface area contributed by atoms with E-state index in [-0.39, 0.29) is 6.10 Å². The molecule has 110 valence electrons. The van der Waals surface area contributed by atoms with Crippen LogP contribution in [0.25, 0.3) is 0 Å². The summed E-state index contributed by atoms with van der Waals surface area (Å²) >= 11 is 0. The van der Waals surface area contributed by atoms with Gasteiger partial charge in [-0.15, -0.1) is 0 Å². The lowest BCUT2D eigenvalue weighted by Crippen LogP contribution is -2.20. The molecule has 0 aromatic heterocycles. The highest BCUT2D eigenvalue weighted by atomic mass is 16.5. The van der Waals surface area contributed by atoms with Crippen LogP contribution in [0, 0.1) is 0 Å². The summed E-state index contributed by atoms with van der Waals surface area (Å²) in [4.78, 5) is 21.9. The number of hydrogen-bond acceptors (Lipinski definition) is 3. The summed E-state index contributed by atoms with van der Waals surface area (Å²) in [5, 5.41) is 8.56. The number of carboxylic acid groups (broad SMARTS) is 1. The van der Waals surface area contributed by atoms with Crippen LogP contribution in [-0.2, 0) is 14.3 Å². The first-order valence-corrected chi connectivity index (χ1v) is 7.60. The van der Waals surface area contributed by atoms with Crippen molar-refractivity contribution in [2.24, 2.45) is 0 Å². The highest BCUT2D eigenvalue weighted by Crippen LogP contribution is 2.19. The minimum absolute atomic E-state index is 0.0775. The first-order valence-electron chi connectivity index (χ1n) is 7.60. The molecular weight excluding hydrogens is 244 g/mol. The largest absolute Gasteiger partial charge is 0.481 e. The minimum Gasteiger partial charge on any atom is -0.481 e. The molecule has 4 nitrogen and oxygen atoms in total. The molecule has 1 aliphatic rings. The molecule has 0 aliphatic heterocycles. The Bertz CT molecular complexity index is 263. The lowest BCUT2D eigenvalue weighted by Gasteiger charge is -2.18. The van der Waals surface area contributed by atoms with Crippen molar-refractivity contribution in [2.45, 2.75) is 83.2 Å². The van der Waals surface area contributed by atoms with E-state index < -0.39 is 18.4 Å². The molecule has 0 unspecified atom stereocenters. The van der Waals surface area contributed by atoms with Crippen LogP contribution in [0.15, 0.2) is 0 Å². The van der Waals surface area contributed by atoms with E-state index >= 15 is 0 Å². The number of carbonyl (C=O) groups is 2. The molecule has 19 heavy (non-hydrogen) atoms. The van der Waals surface area contributed by atoms with Gasteiger partial charge in [0.1, 0.15) is 12.5 Å². The lowest BCUT2D eigenvalue weighted by molar-refractivity contribution is -0.155. The zero-order valence-electron chi connectivity index (χ0n) is 11.7. The molecule has 0 spiro atoms. The van der Waals surface area contributed by atoms with Gasteiger partial charge in [0.2, 0.25) is 0 Å². The Morgan fingerprint density at radius 2 is 1.26 bits per heavy atom. The maximum absolute atomic E-state index is 11.4. The quantitative estimate of drug-likeness (QED) is 0.627. The molecule has 0 amide bonds. The van der Waals surface area contributed by atoms with E-state index in [1.165, 1.54) is 44.9 Å². The zero-order valence-corrected chi connectivity index (χ0v) is 11.7. The van der Waals surface area contributed by atoms with Crippen LogP contribution < -0.4 is 0 Å². The molecule has 0 heterocycles. The Morgan fingerprint density at radius 1 is 0.842 bits per heavy atom. The molecule has 0 radical (unpaired) electrons. The summed E-state index contributed by atoms with van der Waals surface area (Å²) in [5.41, 5.74) is 0. The van der Waals surface area contributed by atoms with Crippen molar-refractivity contribution >= 4 is 11.9 Å². The van der Waals surface area contributed by atoms with Gasteiger partial charge in [-0.25, -0.2) is 0 Å². The van der Waals surface area contributed by atoms with Gasteiger partial charge in [-0.2, -0.15) is 0 Å². The van der Waals surface area contributed by atoms with Gasteiger partial charge in [-0.1, -0.05) is 44.9 Å². The van der Waals surface area contributed by atoms with Gasteiger partial charge in [0.25, 0.3) is 0 Å². The third kappa shape index (κ3) is 8.62. The predicted octanol–water partition coefficient (Wildman–Crippen LogP) is 3.68. The third-order valence-electron chi connectivity index (χ3n) is 3.65. The molecule has 0 saturated heterocycles. The summed E-state index contributed by atoms with van der Waals surface area (Å²) < 4.78 is 5.29. The lowest BCUT2D eigenvalue weighted by atomic mass is 9.99. The van der Waals surface area contributed by atoms with Crippen molar-refractivity contribution in [3.8, 4) is 0 Å². The van der Waals surface area contributed by atoms with Crippen LogP contribution in [0.3, 0.4) is 0 Å². The minimum atomic E-state index is -1.11. The second-order valence-corrected chi connectivity index (χ2v) is 5.44. The van der Waals surface area contributed by atoms with Gasteiger partial charge in [0, 0.05) is 0 Å². The van der Waals surface area contributed by atoms with Crippen molar-refractivity contribution in [2.75, 3.05) is 0 Å². The summed E-state index contributed by atoms with van der Waals surface area (Å²) in [6.07, 6.45) is 12.2. The van der Waals surface area contributed by atoms with E-state index in [1.807, 2.05) is 0 Å². The number of esters is 1. The van der Waals surface area contributed by atoms with Gasteiger partial charge in [-0.3, -0.25) is 9.59 Å². The Labute approximate surface area is 115 Å². The molecule has 0 aromatic carbocycles. The molecule has 1 fully saturated rings. The Hall–Kier alpha value is -1.06. The second-order valence-electron chi connectivity index (χ2n) is 5.44. The summed E-state index contributed by atoms with van der Waals surface area (Å²) in [7, 11) is 0.